The van der Waals surface area contributed by atoms with Crippen molar-refractivity contribution in [3.05, 3.63) is 47.9 Å². The molecular weight excluding hydrogens is 194 g/mol. The van der Waals surface area contributed by atoms with Gasteiger partial charge in [-0.05, 0) is 17.6 Å². The fraction of sp³-hybridized carbons (Fsp3) is 0.182. The third-order valence-corrected chi connectivity index (χ3v) is 2.25. The van der Waals surface area contributed by atoms with Gasteiger partial charge >= 0.3 is 0 Å². The molecule has 1 aromatic carbocycles. The zero-order chi connectivity index (χ0) is 10.8. The van der Waals surface area contributed by atoms with Crippen LogP contribution in [0.2, 0.25) is 0 Å². The summed E-state index contributed by atoms with van der Waals surface area (Å²) < 4.78 is 0. The highest BCUT2D eigenvalue weighted by molar-refractivity contribution is 5.86. The third kappa shape index (κ3) is 1.85. The largest absolute Gasteiger partial charge is 0.860 e. The number of carbonyl (C=O) groups excluding carboxylic acids is 1. The van der Waals surface area contributed by atoms with Crippen LogP contribution in [0.3, 0.4) is 0 Å². The van der Waals surface area contributed by atoms with Crippen LogP contribution in [0.1, 0.15) is 5.56 Å². The molecule has 4 nitrogen and oxygen atoms in total. The summed E-state index contributed by atoms with van der Waals surface area (Å²) in [5, 5.41) is 22.2. The molecule has 1 aliphatic rings. The second kappa shape index (κ2) is 3.74. The highest BCUT2D eigenvalue weighted by Gasteiger charge is 2.20. The number of carbonyl (C=O) groups is 1. The van der Waals surface area contributed by atoms with Crippen LogP contribution < -0.4 is 10.2 Å². The van der Waals surface area contributed by atoms with Crippen molar-refractivity contribution in [2.75, 3.05) is 0 Å². The van der Waals surface area contributed by atoms with Crippen molar-refractivity contribution in [3.8, 4) is 0 Å². The van der Waals surface area contributed by atoms with Crippen LogP contribution in [-0.4, -0.2) is 16.9 Å². The van der Waals surface area contributed by atoms with E-state index in [1.807, 2.05) is 18.2 Å². The first-order valence-electron chi connectivity index (χ1n) is 4.58. The SMILES string of the molecule is O=C1[C@@H]([O-])C=C([O-])N1Cc1ccccc1. The molecule has 1 aromatic rings. The Morgan fingerprint density at radius 1 is 1.27 bits per heavy atom. The van der Waals surface area contributed by atoms with Crippen molar-refractivity contribution >= 4 is 5.91 Å². The maximum atomic E-state index is 11.3. The van der Waals surface area contributed by atoms with Crippen LogP contribution in [0.25, 0.3) is 0 Å². The molecule has 1 atom stereocenters. The Labute approximate surface area is 87.1 Å². The molecule has 0 aliphatic carbocycles. The first-order valence-corrected chi connectivity index (χ1v) is 4.58. The van der Waals surface area contributed by atoms with Gasteiger partial charge in [-0.15, -0.1) is 0 Å². The van der Waals surface area contributed by atoms with Crippen LogP contribution >= 0.6 is 0 Å². The monoisotopic (exact) mass is 203 g/mol. The summed E-state index contributed by atoms with van der Waals surface area (Å²) in [4.78, 5) is 12.3. The summed E-state index contributed by atoms with van der Waals surface area (Å²) in [6.45, 7) is 0.174. The standard InChI is InChI=1S/C11H10NO3/c13-9-6-10(14)12(11(9)15)7-8-4-2-1-3-5-8/h1-6,9,14H,7H2/q-1/p-1/t9-/m0/s1. The third-order valence-electron chi connectivity index (χ3n) is 2.25. The molecule has 0 spiro atoms. The molecule has 1 amide bonds. The predicted molar refractivity (Wildman–Crippen MR) is 48.9 cm³/mol. The summed E-state index contributed by atoms with van der Waals surface area (Å²) >= 11 is 0. The molecule has 0 fully saturated rings. The molecule has 0 radical (unpaired) electrons. The highest BCUT2D eigenvalue weighted by atomic mass is 16.3. The quantitative estimate of drug-likeness (QED) is 0.616. The maximum Gasteiger partial charge on any atom is 0.216 e. The fourth-order valence-electron chi connectivity index (χ4n) is 1.47. The van der Waals surface area contributed by atoms with Gasteiger partial charge in [0.25, 0.3) is 0 Å². The Morgan fingerprint density at radius 3 is 2.47 bits per heavy atom. The van der Waals surface area contributed by atoms with Gasteiger partial charge in [0, 0.05) is 6.54 Å². The van der Waals surface area contributed by atoms with E-state index >= 15 is 0 Å². The summed E-state index contributed by atoms with van der Waals surface area (Å²) in [5.41, 5.74) is 0.835. The lowest BCUT2D eigenvalue weighted by atomic mass is 10.2. The van der Waals surface area contributed by atoms with Crippen molar-refractivity contribution in [1.82, 2.24) is 4.90 Å². The summed E-state index contributed by atoms with van der Waals surface area (Å²) in [6, 6.07) is 9.09. The van der Waals surface area contributed by atoms with Gasteiger partial charge in [-0.3, -0.25) is 4.79 Å². The molecule has 0 saturated carbocycles. The van der Waals surface area contributed by atoms with Gasteiger partial charge in [-0.25, -0.2) is 0 Å². The Kier molecular flexibility index (Phi) is 2.43. The minimum atomic E-state index is -1.53. The summed E-state index contributed by atoms with van der Waals surface area (Å²) in [5.74, 6) is -1.16. The van der Waals surface area contributed by atoms with E-state index in [1.54, 1.807) is 12.1 Å². The van der Waals surface area contributed by atoms with E-state index in [2.05, 4.69) is 0 Å². The summed E-state index contributed by atoms with van der Waals surface area (Å²) in [6.07, 6.45) is -0.619. The zero-order valence-electron chi connectivity index (χ0n) is 7.92. The molecule has 0 N–H and O–H groups in total. The smallest absolute Gasteiger partial charge is 0.216 e. The Balaban J connectivity index is 2.14. The Morgan fingerprint density at radius 2 is 1.93 bits per heavy atom. The van der Waals surface area contributed by atoms with E-state index in [1.165, 1.54) is 0 Å². The number of amides is 1. The predicted octanol–water partition coefficient (Wildman–Crippen LogP) is -1.04. The van der Waals surface area contributed by atoms with Crippen molar-refractivity contribution in [3.63, 3.8) is 0 Å². The van der Waals surface area contributed by atoms with Gasteiger partial charge in [0.15, 0.2) is 0 Å². The highest BCUT2D eigenvalue weighted by Crippen LogP contribution is 2.14. The molecule has 1 aliphatic heterocycles. The van der Waals surface area contributed by atoms with E-state index in [-0.39, 0.29) is 6.54 Å². The molecule has 0 bridgehead atoms. The Hall–Kier alpha value is -1.81. The number of hydrogen-bond acceptors (Lipinski definition) is 3. The van der Waals surface area contributed by atoms with Gasteiger partial charge < -0.3 is 15.1 Å². The van der Waals surface area contributed by atoms with Crippen molar-refractivity contribution in [1.29, 1.82) is 0 Å². The van der Waals surface area contributed by atoms with Gasteiger partial charge in [0.1, 0.15) is 0 Å². The lowest BCUT2D eigenvalue weighted by Crippen LogP contribution is -2.39. The minimum Gasteiger partial charge on any atom is -0.860 e. The van der Waals surface area contributed by atoms with Crippen LogP contribution in [0.4, 0.5) is 0 Å². The number of hydrogen-bond donors (Lipinski definition) is 0. The molecule has 78 valence electrons. The average Bonchev–Trinajstić information content (AvgIpc) is 2.47. The number of benzene rings is 1. The minimum absolute atomic E-state index is 0.174. The van der Waals surface area contributed by atoms with Gasteiger partial charge in [-0.2, -0.15) is 0 Å². The van der Waals surface area contributed by atoms with Crippen LogP contribution in [0.15, 0.2) is 42.3 Å². The zero-order valence-corrected chi connectivity index (χ0v) is 7.92. The van der Waals surface area contributed by atoms with Crippen LogP contribution in [0.5, 0.6) is 0 Å². The summed E-state index contributed by atoms with van der Waals surface area (Å²) in [7, 11) is 0. The van der Waals surface area contributed by atoms with Gasteiger partial charge in [0.2, 0.25) is 5.91 Å². The van der Waals surface area contributed by atoms with Gasteiger partial charge in [-0.1, -0.05) is 36.4 Å². The molecule has 4 heteroatoms. The first-order chi connectivity index (χ1) is 7.18. The van der Waals surface area contributed by atoms with E-state index in [9.17, 15) is 15.0 Å². The molecule has 2 rings (SSSR count). The normalized spacial score (nSPS) is 20.6. The molecule has 0 unspecified atom stereocenters. The second-order valence-electron chi connectivity index (χ2n) is 3.34. The Bertz CT molecular complexity index is 400. The lowest BCUT2D eigenvalue weighted by Gasteiger charge is -2.25. The molecule has 15 heavy (non-hydrogen) atoms. The van der Waals surface area contributed by atoms with Crippen LogP contribution in [0, 0.1) is 0 Å². The lowest BCUT2D eigenvalue weighted by molar-refractivity contribution is -0.387. The van der Waals surface area contributed by atoms with E-state index in [4.69, 9.17) is 0 Å². The van der Waals surface area contributed by atoms with Crippen molar-refractivity contribution in [2.45, 2.75) is 12.6 Å². The van der Waals surface area contributed by atoms with Gasteiger partial charge in [0.05, 0.1) is 0 Å². The fourth-order valence-corrected chi connectivity index (χ4v) is 1.47. The molecular formula is C11H9NO3-2. The average molecular weight is 203 g/mol. The van der Waals surface area contributed by atoms with E-state index in [0.717, 1.165) is 16.5 Å². The topological polar surface area (TPSA) is 66.4 Å². The molecule has 0 aromatic heterocycles. The maximum absolute atomic E-state index is 11.3. The van der Waals surface area contributed by atoms with E-state index < -0.39 is 17.9 Å². The molecule has 0 saturated heterocycles. The number of rotatable bonds is 2. The number of nitrogens with zero attached hydrogens (tertiary/aromatic N) is 1. The van der Waals surface area contributed by atoms with Crippen molar-refractivity contribution in [2.24, 2.45) is 0 Å². The second-order valence-corrected chi connectivity index (χ2v) is 3.34. The van der Waals surface area contributed by atoms with Crippen LogP contribution in [-0.2, 0) is 11.3 Å². The molecule has 1 heterocycles. The van der Waals surface area contributed by atoms with Crippen molar-refractivity contribution < 1.29 is 15.0 Å². The first kappa shape index (κ1) is 9.73. The van der Waals surface area contributed by atoms with E-state index in [0.29, 0.717) is 0 Å².